The van der Waals surface area contributed by atoms with Crippen molar-refractivity contribution in [2.75, 3.05) is 14.1 Å². The molecule has 0 aromatic carbocycles. The van der Waals surface area contributed by atoms with Gasteiger partial charge < -0.3 is 15.3 Å². The second-order valence-electron chi connectivity index (χ2n) is 6.00. The van der Waals surface area contributed by atoms with Gasteiger partial charge in [-0.15, -0.1) is 0 Å². The molecule has 1 aliphatic heterocycles. The van der Waals surface area contributed by atoms with Crippen LogP contribution in [0.4, 0.5) is 4.79 Å². The molecule has 1 unspecified atom stereocenters. The Hall–Kier alpha value is -3.41. The van der Waals surface area contributed by atoms with E-state index in [1.54, 1.807) is 0 Å². The highest BCUT2D eigenvalue weighted by Crippen LogP contribution is 2.23. The molecule has 1 saturated heterocycles. The van der Waals surface area contributed by atoms with Crippen molar-refractivity contribution < 1.29 is 29.7 Å². The molecule has 1 atom stereocenters. The largest absolute Gasteiger partial charge is 0.511 e. The molecule has 0 aliphatic carbocycles. The first-order valence-corrected chi connectivity index (χ1v) is 7.58. The molecule has 1 fully saturated rings. The number of hydrogen-bond acceptors (Lipinski definition) is 8. The van der Waals surface area contributed by atoms with E-state index in [2.05, 4.69) is 0 Å². The van der Waals surface area contributed by atoms with Crippen LogP contribution in [0.3, 0.4) is 0 Å². The average molecular weight is 382 g/mol. The molecule has 0 bridgehead atoms. The van der Waals surface area contributed by atoms with Crippen LogP contribution >= 0.6 is 0 Å². The monoisotopic (exact) mass is 382 g/mol. The van der Waals surface area contributed by atoms with E-state index in [0.29, 0.717) is 14.0 Å². The predicted molar refractivity (Wildman–Crippen MR) is 89.1 cm³/mol. The molecule has 1 aliphatic rings. The molecular formula is C15H18N4O8. The zero-order valence-electron chi connectivity index (χ0n) is 15.0. The highest BCUT2D eigenvalue weighted by Gasteiger charge is 2.40. The lowest BCUT2D eigenvalue weighted by atomic mass is 10.0. The summed E-state index contributed by atoms with van der Waals surface area (Å²) in [4.78, 5) is 61.6. The Morgan fingerprint density at radius 2 is 1.59 bits per heavy atom. The number of aliphatic hydroxyl groups is 2. The number of likely N-dealkylation sites (N-methyl/N-ethyl adjacent to an activating group) is 2. The molecule has 2 rings (SSSR count). The molecule has 12 nitrogen and oxygen atoms in total. The molecule has 0 spiro atoms. The second-order valence-corrected chi connectivity index (χ2v) is 6.00. The maximum atomic E-state index is 12.4. The van der Waals surface area contributed by atoms with Gasteiger partial charge in [0.15, 0.2) is 12.0 Å². The van der Waals surface area contributed by atoms with Crippen LogP contribution in [-0.4, -0.2) is 72.3 Å². The van der Waals surface area contributed by atoms with E-state index in [0.717, 1.165) is 26.0 Å². The Morgan fingerprint density at radius 3 is 2.15 bits per heavy atom. The van der Waals surface area contributed by atoms with Gasteiger partial charge in [0.2, 0.25) is 5.88 Å². The van der Waals surface area contributed by atoms with Crippen molar-refractivity contribution in [3.05, 3.63) is 37.7 Å². The molecule has 27 heavy (non-hydrogen) atoms. The number of carbonyl (C=O) groups is 3. The van der Waals surface area contributed by atoms with Crippen molar-refractivity contribution in [2.24, 2.45) is 14.1 Å². The number of aromatic hydroxyl groups is 1. The van der Waals surface area contributed by atoms with Gasteiger partial charge in [0.1, 0.15) is 16.9 Å². The van der Waals surface area contributed by atoms with E-state index in [-0.39, 0.29) is 0 Å². The maximum Gasteiger partial charge on any atom is 0.333 e. The summed E-state index contributed by atoms with van der Waals surface area (Å²) < 4.78 is 1.26. The highest BCUT2D eigenvalue weighted by atomic mass is 16.3. The third kappa shape index (κ3) is 2.99. The number of carbonyl (C=O) groups excluding carboxylic acids is 3. The summed E-state index contributed by atoms with van der Waals surface area (Å²) in [7, 11) is 4.54. The first-order valence-electron chi connectivity index (χ1n) is 7.58. The topological polar surface area (TPSA) is 162 Å². The van der Waals surface area contributed by atoms with Crippen LogP contribution in [-0.2, 0) is 18.9 Å². The van der Waals surface area contributed by atoms with Gasteiger partial charge in [-0.1, -0.05) is 0 Å². The number of aliphatic hydroxyl groups excluding tert-OH is 2. The lowest BCUT2D eigenvalue weighted by molar-refractivity contribution is -0.129. The number of imide groups is 1. The molecule has 3 amide bonds. The smallest absolute Gasteiger partial charge is 0.333 e. The lowest BCUT2D eigenvalue weighted by Crippen LogP contribution is -2.55. The Balaban J connectivity index is 2.52. The van der Waals surface area contributed by atoms with Crippen molar-refractivity contribution >= 4 is 17.7 Å². The van der Waals surface area contributed by atoms with Gasteiger partial charge in [-0.05, 0) is 0 Å². The molecule has 1 aromatic rings. The minimum Gasteiger partial charge on any atom is -0.511 e. The SMILES string of the molecule is CN1C(=O)/C(=C(\O)CC(=O)c2c(O)n(C)c(=O)n(C)c2=O)C(O)N(C)C1=O. The molecule has 0 radical (unpaired) electrons. The van der Waals surface area contributed by atoms with Crippen LogP contribution in [0.15, 0.2) is 20.9 Å². The van der Waals surface area contributed by atoms with E-state index < -0.39 is 64.4 Å². The molecule has 2 heterocycles. The zero-order chi connectivity index (χ0) is 20.8. The number of aromatic nitrogens is 2. The first kappa shape index (κ1) is 19.9. The fourth-order valence-corrected chi connectivity index (χ4v) is 2.60. The van der Waals surface area contributed by atoms with Crippen LogP contribution < -0.4 is 11.2 Å². The van der Waals surface area contributed by atoms with Crippen LogP contribution in [0.5, 0.6) is 5.88 Å². The van der Waals surface area contributed by atoms with Crippen LogP contribution in [0.2, 0.25) is 0 Å². The summed E-state index contributed by atoms with van der Waals surface area (Å²) in [5.41, 5.74) is -3.33. The van der Waals surface area contributed by atoms with E-state index in [1.165, 1.54) is 7.05 Å². The van der Waals surface area contributed by atoms with Gasteiger partial charge in [-0.25, -0.2) is 9.59 Å². The van der Waals surface area contributed by atoms with E-state index in [9.17, 15) is 39.3 Å². The summed E-state index contributed by atoms with van der Waals surface area (Å²) in [6.45, 7) is 0. The number of nitrogens with zero attached hydrogens (tertiary/aromatic N) is 4. The summed E-state index contributed by atoms with van der Waals surface area (Å²) in [6, 6.07) is -0.819. The van der Waals surface area contributed by atoms with Gasteiger partial charge in [0, 0.05) is 28.2 Å². The number of Topliss-reactive ketones (excluding diaryl/α,β-unsaturated/α-hetero) is 1. The standard InChI is InChI=1S/C15H18N4O8/c1-16-10(22)8(11(23)17(2)14(16)26)6(20)5-7(21)9-12(24)18(3)15(27)19(4)13(9)25/h10,20,22,24H,5H2,1-4H3/b8-6-. The van der Waals surface area contributed by atoms with Gasteiger partial charge in [-0.3, -0.25) is 33.3 Å². The summed E-state index contributed by atoms with van der Waals surface area (Å²) in [6.07, 6.45) is -2.72. The van der Waals surface area contributed by atoms with Crippen molar-refractivity contribution in [1.29, 1.82) is 0 Å². The van der Waals surface area contributed by atoms with Gasteiger partial charge in [0.05, 0.1) is 6.42 Å². The summed E-state index contributed by atoms with van der Waals surface area (Å²) >= 11 is 0. The molecule has 1 aromatic heterocycles. The first-order chi connectivity index (χ1) is 12.4. The molecule has 0 saturated carbocycles. The van der Waals surface area contributed by atoms with Crippen LogP contribution in [0.25, 0.3) is 0 Å². The number of amides is 3. The summed E-state index contributed by atoms with van der Waals surface area (Å²) in [5.74, 6) is -3.88. The van der Waals surface area contributed by atoms with Crippen molar-refractivity contribution in [2.45, 2.75) is 12.6 Å². The number of urea groups is 1. The molecule has 3 N–H and O–H groups in total. The van der Waals surface area contributed by atoms with E-state index in [1.807, 2.05) is 0 Å². The normalized spacial score (nSPS) is 19.5. The van der Waals surface area contributed by atoms with Crippen molar-refractivity contribution in [3.8, 4) is 5.88 Å². The zero-order valence-corrected chi connectivity index (χ0v) is 15.0. The number of rotatable bonds is 3. The van der Waals surface area contributed by atoms with Crippen molar-refractivity contribution in [3.63, 3.8) is 0 Å². The third-order valence-corrected chi connectivity index (χ3v) is 4.30. The Bertz CT molecular complexity index is 1000. The van der Waals surface area contributed by atoms with Crippen molar-refractivity contribution in [1.82, 2.24) is 18.9 Å². The maximum absolute atomic E-state index is 12.4. The number of hydrogen-bond donors (Lipinski definition) is 3. The summed E-state index contributed by atoms with van der Waals surface area (Å²) in [5, 5.41) is 30.2. The fourth-order valence-electron chi connectivity index (χ4n) is 2.60. The average Bonchev–Trinajstić information content (AvgIpc) is 2.61. The lowest BCUT2D eigenvalue weighted by Gasteiger charge is -2.35. The quantitative estimate of drug-likeness (QED) is 0.308. The molecule has 146 valence electrons. The second kappa shape index (κ2) is 6.72. The predicted octanol–water partition coefficient (Wildman–Crippen LogP) is -1.98. The Morgan fingerprint density at radius 1 is 1.04 bits per heavy atom. The molecular weight excluding hydrogens is 364 g/mol. The van der Waals surface area contributed by atoms with Gasteiger partial charge in [0.25, 0.3) is 11.5 Å². The Kier molecular flexibility index (Phi) is 4.95. The van der Waals surface area contributed by atoms with E-state index >= 15 is 0 Å². The van der Waals surface area contributed by atoms with Gasteiger partial charge >= 0.3 is 11.7 Å². The minimum absolute atomic E-state index is 0.595. The third-order valence-electron chi connectivity index (χ3n) is 4.30. The highest BCUT2D eigenvalue weighted by molar-refractivity contribution is 6.08. The van der Waals surface area contributed by atoms with Gasteiger partial charge in [-0.2, -0.15) is 0 Å². The van der Waals surface area contributed by atoms with E-state index in [4.69, 9.17) is 0 Å². The number of ketones is 1. The molecule has 12 heteroatoms. The van der Waals surface area contributed by atoms with Crippen LogP contribution in [0, 0.1) is 0 Å². The minimum atomic E-state index is -1.80. The number of allylic oxidation sites excluding steroid dienone is 1. The Labute approximate surface area is 151 Å². The fraction of sp³-hybridized carbons (Fsp3) is 0.400. The van der Waals surface area contributed by atoms with Crippen LogP contribution in [0.1, 0.15) is 16.8 Å².